The Kier molecular flexibility index (Phi) is 5.69. The van der Waals surface area contributed by atoms with Gasteiger partial charge in [-0.05, 0) is 24.3 Å². The molecule has 0 fully saturated rings. The molecule has 0 saturated carbocycles. The minimum absolute atomic E-state index is 0.0609. The van der Waals surface area contributed by atoms with Crippen molar-refractivity contribution in [2.75, 3.05) is 6.61 Å². The van der Waals surface area contributed by atoms with Gasteiger partial charge in [-0.2, -0.15) is 0 Å². The molecule has 4 amide bonds. The second kappa shape index (κ2) is 8.52. The van der Waals surface area contributed by atoms with E-state index in [1.54, 1.807) is 24.3 Å². The average Bonchev–Trinajstić information content (AvgIpc) is 3.15. The standard InChI is InChI=1S/C18H14N4O7/c23-16(10-28-13-7-5-12(6-8-13)22(26)27)20-21-18(25)19-17(24)15-9-11-3-1-2-4-14(11)29-15/h1-9H,10H2,(H,20,23)(H2,19,21,24,25). The van der Waals surface area contributed by atoms with E-state index in [1.807, 2.05) is 16.2 Å². The Morgan fingerprint density at radius 2 is 1.76 bits per heavy atom. The second-order valence-electron chi connectivity index (χ2n) is 5.64. The number of nitrogens with one attached hydrogen (secondary N) is 3. The van der Waals surface area contributed by atoms with Gasteiger partial charge >= 0.3 is 6.03 Å². The number of fused-ring (bicyclic) bond motifs is 1. The van der Waals surface area contributed by atoms with Crippen molar-refractivity contribution < 1.29 is 28.5 Å². The van der Waals surface area contributed by atoms with Gasteiger partial charge in [-0.15, -0.1) is 0 Å². The van der Waals surface area contributed by atoms with Crippen molar-refractivity contribution in [1.29, 1.82) is 0 Å². The van der Waals surface area contributed by atoms with E-state index in [-0.39, 0.29) is 17.2 Å². The number of para-hydroxylation sites is 1. The molecule has 0 atom stereocenters. The predicted octanol–water partition coefficient (Wildman–Crippen LogP) is 1.89. The number of amides is 4. The molecular weight excluding hydrogens is 384 g/mol. The van der Waals surface area contributed by atoms with Crippen LogP contribution in [0.3, 0.4) is 0 Å². The average molecular weight is 398 g/mol. The molecule has 0 aliphatic heterocycles. The first-order chi connectivity index (χ1) is 13.9. The van der Waals surface area contributed by atoms with E-state index >= 15 is 0 Å². The summed E-state index contributed by atoms with van der Waals surface area (Å²) in [4.78, 5) is 45.4. The Balaban J connectivity index is 1.43. The Bertz CT molecular complexity index is 1040. The van der Waals surface area contributed by atoms with Crippen molar-refractivity contribution in [3.05, 3.63) is 70.5 Å². The number of benzene rings is 2. The van der Waals surface area contributed by atoms with Crippen molar-refractivity contribution in [3.63, 3.8) is 0 Å². The first kappa shape index (κ1) is 19.4. The lowest BCUT2D eigenvalue weighted by molar-refractivity contribution is -0.384. The summed E-state index contributed by atoms with van der Waals surface area (Å²) in [5.41, 5.74) is 4.42. The maximum atomic E-state index is 12.0. The van der Waals surface area contributed by atoms with Crippen LogP contribution in [0.2, 0.25) is 0 Å². The fourth-order valence-electron chi connectivity index (χ4n) is 2.27. The smallest absolute Gasteiger partial charge is 0.340 e. The molecule has 0 unspecified atom stereocenters. The van der Waals surface area contributed by atoms with E-state index in [0.29, 0.717) is 11.0 Å². The zero-order valence-electron chi connectivity index (χ0n) is 14.7. The third kappa shape index (κ3) is 5.07. The lowest BCUT2D eigenvalue weighted by Crippen LogP contribution is -2.49. The quantitative estimate of drug-likeness (QED) is 0.438. The summed E-state index contributed by atoms with van der Waals surface area (Å²) < 4.78 is 10.5. The van der Waals surface area contributed by atoms with Gasteiger partial charge in [-0.1, -0.05) is 18.2 Å². The third-order valence-electron chi connectivity index (χ3n) is 3.61. The Morgan fingerprint density at radius 1 is 1.03 bits per heavy atom. The molecule has 0 aliphatic carbocycles. The van der Waals surface area contributed by atoms with Crippen LogP contribution in [-0.4, -0.2) is 29.4 Å². The van der Waals surface area contributed by atoms with Gasteiger partial charge in [0.25, 0.3) is 17.5 Å². The normalized spacial score (nSPS) is 10.2. The molecule has 148 valence electrons. The summed E-state index contributed by atoms with van der Waals surface area (Å²) in [5.74, 6) is -1.32. The van der Waals surface area contributed by atoms with E-state index < -0.39 is 29.4 Å². The van der Waals surface area contributed by atoms with Crippen LogP contribution in [-0.2, 0) is 4.79 Å². The number of hydrogen-bond acceptors (Lipinski definition) is 7. The number of ether oxygens (including phenoxy) is 1. The highest BCUT2D eigenvalue weighted by Gasteiger charge is 2.15. The number of furan rings is 1. The fourth-order valence-corrected chi connectivity index (χ4v) is 2.27. The molecule has 3 aromatic rings. The zero-order valence-corrected chi connectivity index (χ0v) is 14.7. The number of non-ortho nitro benzene ring substituents is 1. The third-order valence-corrected chi connectivity index (χ3v) is 3.61. The second-order valence-corrected chi connectivity index (χ2v) is 5.64. The van der Waals surface area contributed by atoms with Gasteiger partial charge in [0.15, 0.2) is 12.4 Å². The van der Waals surface area contributed by atoms with Gasteiger partial charge in [0, 0.05) is 17.5 Å². The number of nitro benzene ring substituents is 1. The summed E-state index contributed by atoms with van der Waals surface area (Å²) in [6, 6.07) is 12.6. The molecule has 0 radical (unpaired) electrons. The molecule has 3 N–H and O–H groups in total. The summed E-state index contributed by atoms with van der Waals surface area (Å²) in [7, 11) is 0. The van der Waals surface area contributed by atoms with Crippen LogP contribution >= 0.6 is 0 Å². The van der Waals surface area contributed by atoms with Crippen LogP contribution in [0.25, 0.3) is 11.0 Å². The molecular formula is C18H14N4O7. The molecule has 0 bridgehead atoms. The SMILES string of the molecule is O=C(COc1ccc([N+](=O)[O-])cc1)NNC(=O)NC(=O)c1cc2ccccc2o1. The highest BCUT2D eigenvalue weighted by molar-refractivity contribution is 6.04. The van der Waals surface area contributed by atoms with Crippen LogP contribution in [0.1, 0.15) is 10.6 Å². The van der Waals surface area contributed by atoms with E-state index in [2.05, 4.69) is 0 Å². The van der Waals surface area contributed by atoms with Crippen molar-refractivity contribution in [3.8, 4) is 5.75 Å². The summed E-state index contributed by atoms with van der Waals surface area (Å²) >= 11 is 0. The Morgan fingerprint density at radius 3 is 2.45 bits per heavy atom. The highest BCUT2D eigenvalue weighted by Crippen LogP contribution is 2.18. The van der Waals surface area contributed by atoms with E-state index in [4.69, 9.17) is 9.15 Å². The summed E-state index contributed by atoms with van der Waals surface area (Å²) in [6.07, 6.45) is 0. The number of carbonyl (C=O) groups excluding carboxylic acids is 3. The number of hydrogen-bond donors (Lipinski definition) is 3. The molecule has 11 heteroatoms. The van der Waals surface area contributed by atoms with E-state index in [9.17, 15) is 24.5 Å². The van der Waals surface area contributed by atoms with Gasteiger partial charge in [0.05, 0.1) is 4.92 Å². The fraction of sp³-hybridized carbons (Fsp3) is 0.0556. The molecule has 0 spiro atoms. The van der Waals surface area contributed by atoms with Crippen LogP contribution in [0.4, 0.5) is 10.5 Å². The molecule has 1 aromatic heterocycles. The monoisotopic (exact) mass is 398 g/mol. The number of hydrazine groups is 1. The molecule has 3 rings (SSSR count). The van der Waals surface area contributed by atoms with Gasteiger partial charge in [-0.25, -0.2) is 10.2 Å². The maximum absolute atomic E-state index is 12.0. The molecule has 2 aromatic carbocycles. The topological polar surface area (TPSA) is 153 Å². The number of urea groups is 1. The van der Waals surface area contributed by atoms with Crippen molar-refractivity contribution in [2.24, 2.45) is 0 Å². The minimum atomic E-state index is -0.973. The number of imide groups is 1. The number of nitro groups is 1. The number of nitrogens with zero attached hydrogens (tertiary/aromatic N) is 1. The van der Waals surface area contributed by atoms with Crippen molar-refractivity contribution >= 4 is 34.5 Å². The molecule has 0 saturated heterocycles. The molecule has 11 nitrogen and oxygen atoms in total. The predicted molar refractivity (Wildman–Crippen MR) is 98.9 cm³/mol. The Labute approximate surface area is 162 Å². The zero-order chi connectivity index (χ0) is 20.8. The van der Waals surface area contributed by atoms with Gasteiger partial charge in [0.1, 0.15) is 11.3 Å². The first-order valence-electron chi connectivity index (χ1n) is 8.18. The molecule has 1 heterocycles. The minimum Gasteiger partial charge on any atom is -0.484 e. The number of carbonyl (C=O) groups is 3. The van der Waals surface area contributed by atoms with Crippen molar-refractivity contribution in [1.82, 2.24) is 16.2 Å². The maximum Gasteiger partial charge on any atom is 0.340 e. The summed E-state index contributed by atoms with van der Waals surface area (Å²) in [6.45, 7) is -0.463. The Hall–Kier alpha value is -4.41. The van der Waals surface area contributed by atoms with E-state index in [0.717, 1.165) is 0 Å². The lowest BCUT2D eigenvalue weighted by Gasteiger charge is -2.08. The number of rotatable bonds is 5. The highest BCUT2D eigenvalue weighted by atomic mass is 16.6. The molecule has 0 aliphatic rings. The summed E-state index contributed by atoms with van der Waals surface area (Å²) in [5, 5.41) is 13.3. The van der Waals surface area contributed by atoms with Crippen LogP contribution in [0.15, 0.2) is 59.0 Å². The largest absolute Gasteiger partial charge is 0.484 e. The van der Waals surface area contributed by atoms with Gasteiger partial charge in [0.2, 0.25) is 0 Å². The van der Waals surface area contributed by atoms with Crippen LogP contribution < -0.4 is 20.9 Å². The molecule has 29 heavy (non-hydrogen) atoms. The van der Waals surface area contributed by atoms with Crippen molar-refractivity contribution in [2.45, 2.75) is 0 Å². The van der Waals surface area contributed by atoms with Crippen LogP contribution in [0, 0.1) is 10.1 Å². The lowest BCUT2D eigenvalue weighted by atomic mass is 10.2. The van der Waals surface area contributed by atoms with Gasteiger partial charge < -0.3 is 9.15 Å². The first-order valence-corrected chi connectivity index (χ1v) is 8.18. The van der Waals surface area contributed by atoms with E-state index in [1.165, 1.54) is 30.3 Å². The van der Waals surface area contributed by atoms with Gasteiger partial charge in [-0.3, -0.25) is 30.4 Å². The van der Waals surface area contributed by atoms with Crippen LogP contribution in [0.5, 0.6) is 5.75 Å².